The number of aromatic nitrogens is 1. The Bertz CT molecular complexity index is 944. The number of rotatable bonds is 3. The highest BCUT2D eigenvalue weighted by Crippen LogP contribution is 2.24. The molecular weight excluding hydrogens is 354 g/mol. The van der Waals surface area contributed by atoms with Crippen LogP contribution in [0.2, 0.25) is 0 Å². The van der Waals surface area contributed by atoms with Crippen LogP contribution in [0.1, 0.15) is 10.4 Å². The van der Waals surface area contributed by atoms with E-state index in [2.05, 4.69) is 15.9 Å². The minimum atomic E-state index is -3.73. The fraction of sp³-hybridized carbons (Fsp3) is 0. The third-order valence-corrected chi connectivity index (χ3v) is 5.62. The summed E-state index contributed by atoms with van der Waals surface area (Å²) in [4.78, 5) is 11.1. The highest BCUT2D eigenvalue weighted by Gasteiger charge is 2.19. The van der Waals surface area contributed by atoms with Gasteiger partial charge in [-0.05, 0) is 30.3 Å². The molecule has 0 amide bonds. The summed E-state index contributed by atoms with van der Waals surface area (Å²) in [5.74, 6) is 0. The molecule has 0 atom stereocenters. The Morgan fingerprint density at radius 3 is 2.57 bits per heavy atom. The molecule has 3 rings (SSSR count). The predicted octanol–water partition coefficient (Wildman–Crippen LogP) is 3.45. The summed E-state index contributed by atoms with van der Waals surface area (Å²) >= 11 is 3.21. The maximum absolute atomic E-state index is 12.7. The van der Waals surface area contributed by atoms with Crippen LogP contribution in [0, 0.1) is 0 Å². The molecule has 106 valence electrons. The fourth-order valence-electron chi connectivity index (χ4n) is 2.15. The van der Waals surface area contributed by atoms with Gasteiger partial charge in [0.25, 0.3) is 10.0 Å². The van der Waals surface area contributed by atoms with E-state index in [1.165, 1.54) is 22.3 Å². The standard InChI is InChI=1S/C15H10BrNO3S/c16-14-6-5-13(9-12(14)10-18)21(19,20)17-8-7-11-3-1-2-4-15(11)17/h1-10H. The van der Waals surface area contributed by atoms with Gasteiger partial charge in [-0.2, -0.15) is 0 Å². The average molecular weight is 364 g/mol. The molecule has 2 aromatic carbocycles. The first kappa shape index (κ1) is 14.0. The normalized spacial score (nSPS) is 11.7. The summed E-state index contributed by atoms with van der Waals surface area (Å²) in [5, 5.41) is 0.841. The van der Waals surface area contributed by atoms with Gasteiger partial charge >= 0.3 is 0 Å². The van der Waals surface area contributed by atoms with Gasteiger partial charge in [-0.3, -0.25) is 4.79 Å². The van der Waals surface area contributed by atoms with Crippen LogP contribution in [0.25, 0.3) is 10.9 Å². The molecule has 0 bridgehead atoms. The van der Waals surface area contributed by atoms with E-state index in [9.17, 15) is 13.2 Å². The largest absolute Gasteiger partial charge is 0.298 e. The summed E-state index contributed by atoms with van der Waals surface area (Å²) in [6.45, 7) is 0. The molecule has 0 radical (unpaired) electrons. The van der Waals surface area contributed by atoms with Gasteiger partial charge in [-0.1, -0.05) is 34.1 Å². The van der Waals surface area contributed by atoms with E-state index in [1.54, 1.807) is 24.3 Å². The van der Waals surface area contributed by atoms with Crippen molar-refractivity contribution in [3.8, 4) is 0 Å². The van der Waals surface area contributed by atoms with Crippen LogP contribution >= 0.6 is 15.9 Å². The lowest BCUT2D eigenvalue weighted by Crippen LogP contribution is -2.12. The average Bonchev–Trinajstić information content (AvgIpc) is 2.92. The Labute approximate surface area is 130 Å². The molecule has 0 saturated carbocycles. The first-order valence-corrected chi connectivity index (χ1v) is 8.34. The molecule has 0 aliphatic carbocycles. The number of hydrogen-bond donors (Lipinski definition) is 0. The van der Waals surface area contributed by atoms with Gasteiger partial charge in [0.1, 0.15) is 0 Å². The summed E-state index contributed by atoms with van der Waals surface area (Å²) in [6.07, 6.45) is 2.14. The predicted molar refractivity (Wildman–Crippen MR) is 84.1 cm³/mol. The van der Waals surface area contributed by atoms with Crippen LogP contribution in [0.5, 0.6) is 0 Å². The second-order valence-electron chi connectivity index (χ2n) is 4.48. The Balaban J connectivity index is 2.23. The Morgan fingerprint density at radius 1 is 1.05 bits per heavy atom. The first-order valence-electron chi connectivity index (χ1n) is 6.10. The van der Waals surface area contributed by atoms with Crippen molar-refractivity contribution >= 4 is 43.1 Å². The summed E-state index contributed by atoms with van der Waals surface area (Å²) in [6, 6.07) is 13.4. The lowest BCUT2D eigenvalue weighted by atomic mass is 10.2. The number of hydrogen-bond acceptors (Lipinski definition) is 3. The Kier molecular flexibility index (Phi) is 3.43. The molecule has 0 aliphatic rings. The van der Waals surface area contributed by atoms with Crippen molar-refractivity contribution in [3.63, 3.8) is 0 Å². The second kappa shape index (κ2) is 5.13. The molecule has 3 aromatic rings. The van der Waals surface area contributed by atoms with E-state index >= 15 is 0 Å². The quantitative estimate of drug-likeness (QED) is 0.669. The minimum absolute atomic E-state index is 0.0779. The summed E-state index contributed by atoms with van der Waals surface area (Å²) < 4.78 is 27.2. The van der Waals surface area contributed by atoms with Crippen LogP contribution in [0.4, 0.5) is 0 Å². The van der Waals surface area contributed by atoms with E-state index in [1.807, 2.05) is 12.1 Å². The van der Waals surface area contributed by atoms with Crippen LogP contribution in [0.15, 0.2) is 64.1 Å². The van der Waals surface area contributed by atoms with Crippen LogP contribution in [0.3, 0.4) is 0 Å². The minimum Gasteiger partial charge on any atom is -0.298 e. The van der Waals surface area contributed by atoms with Crippen molar-refractivity contribution in [1.29, 1.82) is 0 Å². The molecule has 0 spiro atoms. The van der Waals surface area contributed by atoms with Gasteiger partial charge in [0.2, 0.25) is 0 Å². The number of carbonyl (C=O) groups excluding carboxylic acids is 1. The number of fused-ring (bicyclic) bond motifs is 1. The van der Waals surface area contributed by atoms with Gasteiger partial charge in [-0.25, -0.2) is 12.4 Å². The monoisotopic (exact) mass is 363 g/mol. The Morgan fingerprint density at radius 2 is 1.81 bits per heavy atom. The smallest absolute Gasteiger partial charge is 0.268 e. The van der Waals surface area contributed by atoms with E-state index < -0.39 is 10.0 Å². The Hall–Kier alpha value is -1.92. The van der Waals surface area contributed by atoms with Crippen molar-refractivity contribution in [2.45, 2.75) is 4.90 Å². The zero-order valence-corrected chi connectivity index (χ0v) is 13.1. The molecule has 0 N–H and O–H groups in total. The number of benzene rings is 2. The number of para-hydroxylation sites is 1. The third-order valence-electron chi connectivity index (χ3n) is 3.21. The van der Waals surface area contributed by atoms with Gasteiger partial charge in [0.05, 0.1) is 10.4 Å². The zero-order chi connectivity index (χ0) is 15.0. The molecule has 4 nitrogen and oxygen atoms in total. The summed E-state index contributed by atoms with van der Waals surface area (Å²) in [7, 11) is -3.73. The van der Waals surface area contributed by atoms with E-state index in [0.717, 1.165) is 5.39 Å². The molecule has 21 heavy (non-hydrogen) atoms. The molecule has 0 aliphatic heterocycles. The lowest BCUT2D eigenvalue weighted by molar-refractivity contribution is 0.112. The number of halogens is 1. The van der Waals surface area contributed by atoms with Crippen molar-refractivity contribution in [3.05, 3.63) is 64.8 Å². The van der Waals surface area contributed by atoms with Crippen molar-refractivity contribution < 1.29 is 13.2 Å². The maximum Gasteiger partial charge on any atom is 0.268 e. The SMILES string of the molecule is O=Cc1cc(S(=O)(=O)n2ccc3ccccc32)ccc1Br. The topological polar surface area (TPSA) is 56.1 Å². The van der Waals surface area contributed by atoms with Crippen LogP contribution < -0.4 is 0 Å². The van der Waals surface area contributed by atoms with Crippen molar-refractivity contribution in [2.75, 3.05) is 0 Å². The number of nitrogens with zero attached hydrogens (tertiary/aromatic N) is 1. The van der Waals surface area contributed by atoms with Gasteiger partial charge in [-0.15, -0.1) is 0 Å². The third kappa shape index (κ3) is 2.30. The fourth-order valence-corrected chi connectivity index (χ4v) is 3.88. The molecule has 1 aromatic heterocycles. The van der Waals surface area contributed by atoms with Gasteiger partial charge in [0.15, 0.2) is 6.29 Å². The molecule has 0 unspecified atom stereocenters. The van der Waals surface area contributed by atoms with Crippen LogP contribution in [-0.2, 0) is 10.0 Å². The second-order valence-corrected chi connectivity index (χ2v) is 7.15. The lowest BCUT2D eigenvalue weighted by Gasteiger charge is -2.08. The highest BCUT2D eigenvalue weighted by atomic mass is 79.9. The number of aldehydes is 1. The molecule has 0 saturated heterocycles. The van der Waals surface area contributed by atoms with Crippen molar-refractivity contribution in [2.24, 2.45) is 0 Å². The van der Waals surface area contributed by atoms with E-state index in [-0.39, 0.29) is 4.90 Å². The highest BCUT2D eigenvalue weighted by molar-refractivity contribution is 9.10. The summed E-state index contributed by atoms with van der Waals surface area (Å²) in [5.41, 5.74) is 0.903. The van der Waals surface area contributed by atoms with Gasteiger partial charge in [0, 0.05) is 21.6 Å². The van der Waals surface area contributed by atoms with Crippen LogP contribution in [-0.4, -0.2) is 18.7 Å². The molecule has 1 heterocycles. The van der Waals surface area contributed by atoms with E-state index in [4.69, 9.17) is 0 Å². The molecule has 0 fully saturated rings. The van der Waals surface area contributed by atoms with Gasteiger partial charge < -0.3 is 0 Å². The molecule has 6 heteroatoms. The van der Waals surface area contributed by atoms with E-state index in [0.29, 0.717) is 21.8 Å². The van der Waals surface area contributed by atoms with Crippen molar-refractivity contribution in [1.82, 2.24) is 3.97 Å². The maximum atomic E-state index is 12.7. The molecular formula is C15H10BrNO3S. The zero-order valence-electron chi connectivity index (χ0n) is 10.7. The number of carbonyl (C=O) groups is 1. The first-order chi connectivity index (χ1) is 10.0.